The van der Waals surface area contributed by atoms with Crippen LogP contribution in [0.5, 0.6) is 0 Å². The van der Waals surface area contributed by atoms with E-state index in [0.717, 1.165) is 25.8 Å². The molecule has 1 heterocycles. The summed E-state index contributed by atoms with van der Waals surface area (Å²) in [5.74, 6) is 0. The van der Waals surface area contributed by atoms with Crippen molar-refractivity contribution in [2.24, 2.45) is 5.41 Å². The lowest BCUT2D eigenvalue weighted by atomic mass is 9.86. The predicted octanol–water partition coefficient (Wildman–Crippen LogP) is 1.88. The molecule has 1 aliphatic heterocycles. The van der Waals surface area contributed by atoms with Gasteiger partial charge in [-0.15, -0.1) is 0 Å². The summed E-state index contributed by atoms with van der Waals surface area (Å²) in [5.41, 5.74) is 0.403. The number of hydrogen-bond donors (Lipinski definition) is 1. The standard InChI is InChI=1S/C14H28N2O/c1-4-14(2,10-15-12-5-6-12)11-16(3)13-7-8-17-9-13/h12-13,15H,4-11H2,1-3H3. The third-order valence-corrected chi connectivity index (χ3v) is 4.41. The molecule has 2 rings (SSSR count). The van der Waals surface area contributed by atoms with E-state index in [0.29, 0.717) is 11.5 Å². The largest absolute Gasteiger partial charge is 0.380 e. The van der Waals surface area contributed by atoms with Gasteiger partial charge in [0.1, 0.15) is 0 Å². The minimum absolute atomic E-state index is 0.403. The fourth-order valence-electron chi connectivity index (χ4n) is 2.57. The molecule has 2 fully saturated rings. The van der Waals surface area contributed by atoms with Crippen molar-refractivity contribution in [3.63, 3.8) is 0 Å². The zero-order valence-corrected chi connectivity index (χ0v) is 11.7. The van der Waals surface area contributed by atoms with Gasteiger partial charge in [-0.1, -0.05) is 13.8 Å². The summed E-state index contributed by atoms with van der Waals surface area (Å²) < 4.78 is 5.48. The number of likely N-dealkylation sites (N-methyl/N-ethyl adjacent to an activating group) is 1. The minimum atomic E-state index is 0.403. The van der Waals surface area contributed by atoms with Gasteiger partial charge in [0.2, 0.25) is 0 Å². The lowest BCUT2D eigenvalue weighted by molar-refractivity contribution is 0.118. The van der Waals surface area contributed by atoms with Crippen molar-refractivity contribution < 1.29 is 4.74 Å². The normalized spacial score (nSPS) is 28.6. The van der Waals surface area contributed by atoms with E-state index in [1.807, 2.05) is 0 Å². The fourth-order valence-corrected chi connectivity index (χ4v) is 2.57. The summed E-state index contributed by atoms with van der Waals surface area (Å²) >= 11 is 0. The van der Waals surface area contributed by atoms with Crippen molar-refractivity contribution in [2.45, 2.75) is 51.6 Å². The monoisotopic (exact) mass is 240 g/mol. The van der Waals surface area contributed by atoms with E-state index in [-0.39, 0.29) is 0 Å². The second-order valence-electron chi connectivity index (χ2n) is 6.25. The molecule has 1 saturated carbocycles. The number of ether oxygens (including phenoxy) is 1. The topological polar surface area (TPSA) is 24.5 Å². The highest BCUT2D eigenvalue weighted by Gasteiger charge is 2.30. The van der Waals surface area contributed by atoms with E-state index >= 15 is 0 Å². The van der Waals surface area contributed by atoms with E-state index in [9.17, 15) is 0 Å². The van der Waals surface area contributed by atoms with Gasteiger partial charge in [-0.25, -0.2) is 0 Å². The van der Waals surface area contributed by atoms with Gasteiger partial charge >= 0.3 is 0 Å². The Hall–Kier alpha value is -0.120. The SMILES string of the molecule is CCC(C)(CNC1CC1)CN(C)C1CCOC1. The molecule has 17 heavy (non-hydrogen) atoms. The fraction of sp³-hybridized carbons (Fsp3) is 1.00. The Morgan fingerprint density at radius 1 is 1.35 bits per heavy atom. The van der Waals surface area contributed by atoms with Gasteiger partial charge in [0, 0.05) is 31.8 Å². The molecule has 0 bridgehead atoms. The van der Waals surface area contributed by atoms with Gasteiger partial charge in [0.05, 0.1) is 6.61 Å². The molecule has 0 aromatic rings. The maximum atomic E-state index is 5.48. The van der Waals surface area contributed by atoms with Crippen LogP contribution in [0.1, 0.15) is 39.5 Å². The molecular formula is C14H28N2O. The maximum absolute atomic E-state index is 5.48. The van der Waals surface area contributed by atoms with Crippen molar-refractivity contribution in [3.8, 4) is 0 Å². The summed E-state index contributed by atoms with van der Waals surface area (Å²) in [6.45, 7) is 8.93. The van der Waals surface area contributed by atoms with Crippen LogP contribution in [-0.2, 0) is 4.74 Å². The molecule has 1 aliphatic carbocycles. The van der Waals surface area contributed by atoms with Gasteiger partial charge in [-0.3, -0.25) is 0 Å². The quantitative estimate of drug-likeness (QED) is 0.735. The van der Waals surface area contributed by atoms with Crippen LogP contribution in [0.15, 0.2) is 0 Å². The Balaban J connectivity index is 1.78. The third kappa shape index (κ3) is 3.94. The smallest absolute Gasteiger partial charge is 0.0622 e. The average Bonchev–Trinajstić information content (AvgIpc) is 2.98. The molecule has 2 unspecified atom stereocenters. The van der Waals surface area contributed by atoms with Crippen LogP contribution in [-0.4, -0.2) is 50.3 Å². The van der Waals surface area contributed by atoms with Crippen molar-refractivity contribution in [2.75, 3.05) is 33.4 Å². The Kier molecular flexibility index (Phi) is 4.45. The highest BCUT2D eigenvalue weighted by Crippen LogP contribution is 2.26. The van der Waals surface area contributed by atoms with Gasteiger partial charge in [0.15, 0.2) is 0 Å². The molecule has 2 atom stereocenters. The van der Waals surface area contributed by atoms with Gasteiger partial charge < -0.3 is 15.0 Å². The molecule has 0 radical (unpaired) electrons. The molecule has 3 heteroatoms. The third-order valence-electron chi connectivity index (χ3n) is 4.41. The second-order valence-corrected chi connectivity index (χ2v) is 6.25. The Labute approximate surface area is 106 Å². The molecule has 0 aromatic heterocycles. The summed E-state index contributed by atoms with van der Waals surface area (Å²) in [5, 5.41) is 3.69. The molecule has 1 saturated heterocycles. The lowest BCUT2D eigenvalue weighted by Crippen LogP contribution is -2.45. The molecule has 2 aliphatic rings. The summed E-state index contributed by atoms with van der Waals surface area (Å²) in [6, 6.07) is 1.46. The van der Waals surface area contributed by atoms with Crippen LogP contribution in [0, 0.1) is 5.41 Å². The van der Waals surface area contributed by atoms with Crippen molar-refractivity contribution >= 4 is 0 Å². The zero-order chi connectivity index (χ0) is 12.3. The molecule has 1 N–H and O–H groups in total. The summed E-state index contributed by atoms with van der Waals surface area (Å²) in [6.07, 6.45) is 5.20. The van der Waals surface area contributed by atoms with E-state index in [1.165, 1.54) is 32.2 Å². The first-order chi connectivity index (χ1) is 8.13. The Morgan fingerprint density at radius 2 is 2.12 bits per heavy atom. The molecule has 3 nitrogen and oxygen atoms in total. The maximum Gasteiger partial charge on any atom is 0.0622 e. The highest BCUT2D eigenvalue weighted by molar-refractivity contribution is 4.87. The summed E-state index contributed by atoms with van der Waals surface area (Å²) in [4.78, 5) is 2.51. The van der Waals surface area contributed by atoms with E-state index in [4.69, 9.17) is 4.74 Å². The molecule has 0 aromatic carbocycles. The Morgan fingerprint density at radius 3 is 2.65 bits per heavy atom. The number of rotatable bonds is 7. The first-order valence-electron chi connectivity index (χ1n) is 7.14. The van der Waals surface area contributed by atoms with Crippen LogP contribution in [0.3, 0.4) is 0 Å². The van der Waals surface area contributed by atoms with Crippen LogP contribution in [0.4, 0.5) is 0 Å². The minimum Gasteiger partial charge on any atom is -0.380 e. The van der Waals surface area contributed by atoms with Gasteiger partial charge in [0.25, 0.3) is 0 Å². The van der Waals surface area contributed by atoms with Crippen molar-refractivity contribution in [1.82, 2.24) is 10.2 Å². The number of hydrogen-bond acceptors (Lipinski definition) is 3. The lowest BCUT2D eigenvalue weighted by Gasteiger charge is -2.35. The van der Waals surface area contributed by atoms with Crippen LogP contribution >= 0.6 is 0 Å². The molecular weight excluding hydrogens is 212 g/mol. The van der Waals surface area contributed by atoms with Gasteiger partial charge in [-0.05, 0) is 38.1 Å². The van der Waals surface area contributed by atoms with Gasteiger partial charge in [-0.2, -0.15) is 0 Å². The number of nitrogens with one attached hydrogen (secondary N) is 1. The highest BCUT2D eigenvalue weighted by atomic mass is 16.5. The van der Waals surface area contributed by atoms with E-state index in [2.05, 4.69) is 31.1 Å². The molecule has 0 amide bonds. The second kappa shape index (κ2) is 5.68. The van der Waals surface area contributed by atoms with E-state index in [1.54, 1.807) is 0 Å². The van der Waals surface area contributed by atoms with Crippen LogP contribution < -0.4 is 5.32 Å². The van der Waals surface area contributed by atoms with Crippen LogP contribution in [0.2, 0.25) is 0 Å². The summed E-state index contributed by atoms with van der Waals surface area (Å²) in [7, 11) is 2.25. The van der Waals surface area contributed by atoms with Crippen LogP contribution in [0.25, 0.3) is 0 Å². The van der Waals surface area contributed by atoms with Crippen molar-refractivity contribution in [1.29, 1.82) is 0 Å². The molecule has 100 valence electrons. The Bertz CT molecular complexity index is 236. The first kappa shape index (κ1) is 13.3. The predicted molar refractivity (Wildman–Crippen MR) is 71.3 cm³/mol. The van der Waals surface area contributed by atoms with Crippen molar-refractivity contribution in [3.05, 3.63) is 0 Å². The van der Waals surface area contributed by atoms with E-state index < -0.39 is 0 Å². The zero-order valence-electron chi connectivity index (χ0n) is 11.7. The molecule has 0 spiro atoms. The average molecular weight is 240 g/mol. The first-order valence-corrected chi connectivity index (χ1v) is 7.14. The number of nitrogens with zero attached hydrogens (tertiary/aromatic N) is 1.